The van der Waals surface area contributed by atoms with Gasteiger partial charge in [-0.1, -0.05) is 19.3 Å². The summed E-state index contributed by atoms with van der Waals surface area (Å²) in [4.78, 5) is 16.8. The van der Waals surface area contributed by atoms with Crippen LogP contribution in [0.3, 0.4) is 0 Å². The first-order chi connectivity index (χ1) is 11.6. The molecular formula is C18H27N5O. The summed E-state index contributed by atoms with van der Waals surface area (Å²) in [6.45, 7) is 2.18. The lowest BCUT2D eigenvalue weighted by Crippen LogP contribution is -2.53. The molecule has 2 aliphatic rings. The third-order valence-corrected chi connectivity index (χ3v) is 5.70. The molecule has 0 unspecified atom stereocenters. The summed E-state index contributed by atoms with van der Waals surface area (Å²) in [5.41, 5.74) is -0.591. The highest BCUT2D eigenvalue weighted by molar-refractivity contribution is 5.79. The fraction of sp³-hybridized carbons (Fsp3) is 0.722. The van der Waals surface area contributed by atoms with Crippen molar-refractivity contribution < 1.29 is 4.79 Å². The Labute approximate surface area is 144 Å². The van der Waals surface area contributed by atoms with Gasteiger partial charge in [0.15, 0.2) is 0 Å². The van der Waals surface area contributed by atoms with Crippen molar-refractivity contribution in [2.45, 2.75) is 63.1 Å². The van der Waals surface area contributed by atoms with E-state index in [-0.39, 0.29) is 5.91 Å². The van der Waals surface area contributed by atoms with Gasteiger partial charge in [0.25, 0.3) is 0 Å². The van der Waals surface area contributed by atoms with Crippen molar-refractivity contribution in [2.24, 2.45) is 0 Å². The molecule has 2 heterocycles. The molecule has 1 aliphatic heterocycles. The van der Waals surface area contributed by atoms with Crippen LogP contribution in [-0.4, -0.2) is 57.2 Å². The number of rotatable bonds is 5. The Balaban J connectivity index is 1.61. The minimum absolute atomic E-state index is 0.0748. The Hall–Kier alpha value is -1.87. The first-order valence-corrected chi connectivity index (χ1v) is 9.04. The quantitative estimate of drug-likeness (QED) is 0.829. The lowest BCUT2D eigenvalue weighted by atomic mass is 9.81. The van der Waals surface area contributed by atoms with E-state index >= 15 is 0 Å². The van der Waals surface area contributed by atoms with Crippen LogP contribution < -0.4 is 0 Å². The third kappa shape index (κ3) is 3.46. The molecule has 24 heavy (non-hydrogen) atoms. The van der Waals surface area contributed by atoms with Gasteiger partial charge in [0, 0.05) is 25.5 Å². The number of carbonyl (C=O) groups excluding carboxylic acids is 1. The topological polar surface area (TPSA) is 65.2 Å². The van der Waals surface area contributed by atoms with Crippen LogP contribution >= 0.6 is 0 Å². The second-order valence-corrected chi connectivity index (χ2v) is 7.15. The van der Waals surface area contributed by atoms with Crippen LogP contribution in [0.25, 0.3) is 0 Å². The SMILES string of the molecule is CN(C(=O)CN1CCC[C@@H]1Cn1cccn1)C1(C#N)CCCCC1. The van der Waals surface area contributed by atoms with E-state index in [0.717, 1.165) is 51.6 Å². The normalized spacial score (nSPS) is 23.8. The van der Waals surface area contributed by atoms with Crippen molar-refractivity contribution in [2.75, 3.05) is 20.1 Å². The summed E-state index contributed by atoms with van der Waals surface area (Å²) < 4.78 is 1.94. The summed E-state index contributed by atoms with van der Waals surface area (Å²) >= 11 is 0. The third-order valence-electron chi connectivity index (χ3n) is 5.70. The van der Waals surface area contributed by atoms with Gasteiger partial charge in [-0.25, -0.2) is 0 Å². The standard InChI is InChI=1S/C18H27N5O/c1-21(18(15-19)8-3-2-4-9-18)17(24)14-22-11-5-7-16(22)13-23-12-6-10-20-23/h6,10,12,16H,2-5,7-9,11,13-14H2,1H3/t16-/m1/s1. The number of hydrogen-bond acceptors (Lipinski definition) is 4. The highest BCUT2D eigenvalue weighted by atomic mass is 16.2. The van der Waals surface area contributed by atoms with Gasteiger partial charge in [-0.05, 0) is 38.3 Å². The minimum Gasteiger partial charge on any atom is -0.326 e. The second-order valence-electron chi connectivity index (χ2n) is 7.15. The zero-order chi connectivity index (χ0) is 17.0. The van der Waals surface area contributed by atoms with Crippen molar-refractivity contribution in [3.05, 3.63) is 18.5 Å². The molecule has 6 heteroatoms. The minimum atomic E-state index is -0.591. The van der Waals surface area contributed by atoms with E-state index in [1.54, 1.807) is 11.1 Å². The Morgan fingerprint density at radius 3 is 2.83 bits per heavy atom. The monoisotopic (exact) mass is 329 g/mol. The summed E-state index contributed by atoms with van der Waals surface area (Å²) in [7, 11) is 1.81. The number of hydrogen-bond donors (Lipinski definition) is 0. The first kappa shape index (κ1) is 17.0. The molecule has 1 saturated heterocycles. The van der Waals surface area contributed by atoms with E-state index in [0.29, 0.717) is 12.6 Å². The van der Waals surface area contributed by atoms with Crippen LogP contribution in [0.15, 0.2) is 18.5 Å². The van der Waals surface area contributed by atoms with Crippen molar-refractivity contribution in [1.82, 2.24) is 19.6 Å². The molecule has 0 radical (unpaired) electrons. The van der Waals surface area contributed by atoms with Gasteiger partial charge in [0.2, 0.25) is 5.91 Å². The zero-order valence-corrected chi connectivity index (χ0v) is 14.5. The average molecular weight is 329 g/mol. The van der Waals surface area contributed by atoms with Crippen LogP contribution in [-0.2, 0) is 11.3 Å². The van der Waals surface area contributed by atoms with Crippen molar-refractivity contribution >= 4 is 5.91 Å². The van der Waals surface area contributed by atoms with Gasteiger partial charge in [-0.15, -0.1) is 0 Å². The van der Waals surface area contributed by atoms with E-state index in [1.165, 1.54) is 6.42 Å². The van der Waals surface area contributed by atoms with Gasteiger partial charge < -0.3 is 4.90 Å². The van der Waals surface area contributed by atoms with E-state index in [1.807, 2.05) is 24.0 Å². The highest BCUT2D eigenvalue weighted by Gasteiger charge is 2.39. The van der Waals surface area contributed by atoms with Crippen molar-refractivity contribution in [3.8, 4) is 6.07 Å². The van der Waals surface area contributed by atoms with Crippen LogP contribution in [0.2, 0.25) is 0 Å². The molecule has 1 amide bonds. The Kier molecular flexibility index (Phi) is 5.20. The van der Waals surface area contributed by atoms with Crippen molar-refractivity contribution in [3.63, 3.8) is 0 Å². The van der Waals surface area contributed by atoms with Gasteiger partial charge in [-0.2, -0.15) is 10.4 Å². The van der Waals surface area contributed by atoms with Crippen LogP contribution in [0.4, 0.5) is 0 Å². The molecule has 0 spiro atoms. The maximum atomic E-state index is 12.8. The first-order valence-electron chi connectivity index (χ1n) is 9.04. The summed E-state index contributed by atoms with van der Waals surface area (Å²) in [6.07, 6.45) is 10.8. The predicted molar refractivity (Wildman–Crippen MR) is 91.0 cm³/mol. The Morgan fingerprint density at radius 2 is 2.17 bits per heavy atom. The van der Waals surface area contributed by atoms with Crippen molar-refractivity contribution in [1.29, 1.82) is 5.26 Å². The molecule has 1 saturated carbocycles. The van der Waals surface area contributed by atoms with Crippen LogP contribution in [0.5, 0.6) is 0 Å². The Bertz CT molecular complexity index is 585. The van der Waals surface area contributed by atoms with E-state index in [9.17, 15) is 10.1 Å². The van der Waals surface area contributed by atoms with E-state index in [2.05, 4.69) is 16.1 Å². The van der Waals surface area contributed by atoms with Gasteiger partial charge >= 0.3 is 0 Å². The highest BCUT2D eigenvalue weighted by Crippen LogP contribution is 2.32. The van der Waals surface area contributed by atoms with Gasteiger partial charge in [0.05, 0.1) is 19.2 Å². The lowest BCUT2D eigenvalue weighted by molar-refractivity contribution is -0.136. The average Bonchev–Trinajstić information content (AvgIpc) is 3.28. The van der Waals surface area contributed by atoms with Gasteiger partial charge in [0.1, 0.15) is 5.54 Å². The summed E-state index contributed by atoms with van der Waals surface area (Å²) in [5, 5.41) is 14.0. The lowest BCUT2D eigenvalue weighted by Gasteiger charge is -2.40. The zero-order valence-electron chi connectivity index (χ0n) is 14.5. The number of carbonyl (C=O) groups is 1. The number of likely N-dealkylation sites (N-methyl/N-ethyl adjacent to an activating group) is 1. The van der Waals surface area contributed by atoms with Crippen LogP contribution in [0.1, 0.15) is 44.9 Å². The predicted octanol–water partition coefficient (Wildman–Crippen LogP) is 2.03. The molecule has 0 N–H and O–H groups in total. The maximum Gasteiger partial charge on any atom is 0.237 e. The number of aromatic nitrogens is 2. The second kappa shape index (κ2) is 7.35. The smallest absolute Gasteiger partial charge is 0.237 e. The molecule has 1 aromatic heterocycles. The molecule has 6 nitrogen and oxygen atoms in total. The molecule has 130 valence electrons. The Morgan fingerprint density at radius 1 is 1.38 bits per heavy atom. The molecule has 2 fully saturated rings. The maximum absolute atomic E-state index is 12.8. The fourth-order valence-corrected chi connectivity index (χ4v) is 4.11. The number of amides is 1. The molecule has 0 aromatic carbocycles. The number of nitriles is 1. The molecule has 3 rings (SSSR count). The fourth-order valence-electron chi connectivity index (χ4n) is 4.11. The molecular weight excluding hydrogens is 302 g/mol. The number of likely N-dealkylation sites (tertiary alicyclic amines) is 1. The number of nitrogens with zero attached hydrogens (tertiary/aromatic N) is 5. The molecule has 1 atom stereocenters. The van der Waals surface area contributed by atoms with Gasteiger partial charge in [-0.3, -0.25) is 14.4 Å². The van der Waals surface area contributed by atoms with E-state index < -0.39 is 5.54 Å². The largest absolute Gasteiger partial charge is 0.326 e. The van der Waals surface area contributed by atoms with Crippen LogP contribution in [0, 0.1) is 11.3 Å². The summed E-state index contributed by atoms with van der Waals surface area (Å²) in [6, 6.07) is 4.72. The summed E-state index contributed by atoms with van der Waals surface area (Å²) in [5.74, 6) is 0.0748. The molecule has 1 aromatic rings. The molecule has 0 bridgehead atoms. The van der Waals surface area contributed by atoms with E-state index in [4.69, 9.17) is 0 Å². The molecule has 1 aliphatic carbocycles.